The Labute approximate surface area is 182 Å². The predicted molar refractivity (Wildman–Crippen MR) is 124 cm³/mol. The third-order valence-electron chi connectivity index (χ3n) is 6.17. The number of hydrogen-bond donors (Lipinski definition) is 1. The van der Waals surface area contributed by atoms with Crippen LogP contribution >= 0.6 is 0 Å². The molecule has 0 aliphatic carbocycles. The summed E-state index contributed by atoms with van der Waals surface area (Å²) in [7, 11) is 0. The number of nitrogens with one attached hydrogen (secondary N) is 1. The number of pyridine rings is 1. The van der Waals surface area contributed by atoms with E-state index in [2.05, 4.69) is 51.5 Å². The van der Waals surface area contributed by atoms with Gasteiger partial charge in [0.1, 0.15) is 5.75 Å². The Kier molecular flexibility index (Phi) is 5.47. The highest BCUT2D eigenvalue weighted by Gasteiger charge is 2.18. The van der Waals surface area contributed by atoms with Gasteiger partial charge in [0, 0.05) is 42.9 Å². The van der Waals surface area contributed by atoms with Crippen LogP contribution in [0.25, 0.3) is 10.9 Å². The van der Waals surface area contributed by atoms with Crippen molar-refractivity contribution in [3.63, 3.8) is 0 Å². The number of ether oxygens (including phenoxy) is 1. The van der Waals surface area contributed by atoms with Crippen LogP contribution in [-0.4, -0.2) is 55.1 Å². The van der Waals surface area contributed by atoms with Gasteiger partial charge in [0.15, 0.2) is 6.61 Å². The van der Waals surface area contributed by atoms with Crippen LogP contribution in [0.4, 0.5) is 11.4 Å². The van der Waals surface area contributed by atoms with E-state index >= 15 is 0 Å². The fraction of sp³-hybridized carbons (Fsp3) is 0.360. The Balaban J connectivity index is 1.23. The van der Waals surface area contributed by atoms with E-state index in [0.29, 0.717) is 0 Å². The van der Waals surface area contributed by atoms with Crippen LogP contribution < -0.4 is 15.0 Å². The lowest BCUT2D eigenvalue weighted by molar-refractivity contribution is -0.118. The maximum absolute atomic E-state index is 11.6. The molecule has 1 saturated heterocycles. The van der Waals surface area contributed by atoms with Gasteiger partial charge in [0.2, 0.25) is 0 Å². The monoisotopic (exact) mass is 416 g/mol. The number of aromatic nitrogens is 1. The van der Waals surface area contributed by atoms with Crippen molar-refractivity contribution in [3.05, 3.63) is 59.8 Å². The van der Waals surface area contributed by atoms with Gasteiger partial charge < -0.3 is 19.9 Å². The van der Waals surface area contributed by atoms with Crippen molar-refractivity contribution >= 4 is 28.2 Å². The van der Waals surface area contributed by atoms with Crippen LogP contribution in [0.5, 0.6) is 5.75 Å². The molecule has 1 fully saturated rings. The molecule has 31 heavy (non-hydrogen) atoms. The second kappa shape index (κ2) is 8.55. The van der Waals surface area contributed by atoms with E-state index in [-0.39, 0.29) is 12.5 Å². The average Bonchev–Trinajstić information content (AvgIpc) is 3.02. The average molecular weight is 417 g/mol. The minimum absolute atomic E-state index is 0.0870. The zero-order valence-electron chi connectivity index (χ0n) is 17.9. The summed E-state index contributed by atoms with van der Waals surface area (Å²) in [6.07, 6.45) is 2.10. The largest absolute Gasteiger partial charge is 0.482 e. The molecule has 0 bridgehead atoms. The number of fused-ring (bicyclic) bond motifs is 2. The Morgan fingerprint density at radius 1 is 1.06 bits per heavy atom. The van der Waals surface area contributed by atoms with Crippen molar-refractivity contribution in [2.45, 2.75) is 19.8 Å². The summed E-state index contributed by atoms with van der Waals surface area (Å²) in [5.41, 5.74) is 5.43. The number of carbonyl (C=O) groups excluding carboxylic acids is 1. The highest BCUT2D eigenvalue weighted by atomic mass is 16.5. The number of amides is 1. The Morgan fingerprint density at radius 2 is 2.00 bits per heavy atom. The molecule has 0 spiro atoms. The number of nitrogens with zero attached hydrogens (tertiary/aromatic N) is 3. The van der Waals surface area contributed by atoms with Gasteiger partial charge in [-0.1, -0.05) is 12.1 Å². The Morgan fingerprint density at radius 3 is 2.94 bits per heavy atom. The molecular weight excluding hydrogens is 388 g/mol. The fourth-order valence-electron chi connectivity index (χ4n) is 4.52. The van der Waals surface area contributed by atoms with Crippen molar-refractivity contribution in [2.24, 2.45) is 0 Å². The van der Waals surface area contributed by atoms with Gasteiger partial charge in [-0.3, -0.25) is 9.78 Å². The van der Waals surface area contributed by atoms with E-state index in [4.69, 9.17) is 9.72 Å². The lowest BCUT2D eigenvalue weighted by Gasteiger charge is -2.25. The van der Waals surface area contributed by atoms with Crippen molar-refractivity contribution in [1.82, 2.24) is 9.88 Å². The van der Waals surface area contributed by atoms with Crippen LogP contribution in [-0.2, 0) is 11.2 Å². The van der Waals surface area contributed by atoms with Crippen molar-refractivity contribution in [3.8, 4) is 5.75 Å². The van der Waals surface area contributed by atoms with E-state index < -0.39 is 0 Å². The molecule has 5 rings (SSSR count). The molecule has 2 aliphatic rings. The molecule has 6 nitrogen and oxygen atoms in total. The number of hydrogen-bond acceptors (Lipinski definition) is 5. The minimum Gasteiger partial charge on any atom is -0.482 e. The molecule has 0 atom stereocenters. The summed E-state index contributed by atoms with van der Waals surface area (Å²) in [6.45, 7) is 7.37. The summed E-state index contributed by atoms with van der Waals surface area (Å²) in [5.74, 6) is 0.671. The van der Waals surface area contributed by atoms with E-state index in [0.717, 1.165) is 68.2 Å². The number of aryl methyl sites for hydroxylation is 1. The molecule has 160 valence electrons. The highest BCUT2D eigenvalue weighted by Crippen LogP contribution is 2.29. The zero-order valence-corrected chi connectivity index (χ0v) is 17.9. The first-order valence-electron chi connectivity index (χ1n) is 11.0. The molecule has 3 aromatic rings. The van der Waals surface area contributed by atoms with Crippen molar-refractivity contribution in [1.29, 1.82) is 0 Å². The molecule has 0 saturated carbocycles. The number of rotatable bonds is 4. The Bertz CT molecular complexity index is 1110. The summed E-state index contributed by atoms with van der Waals surface area (Å²) in [5, 5.41) is 4.14. The molecule has 1 N–H and O–H groups in total. The van der Waals surface area contributed by atoms with Gasteiger partial charge in [-0.05, 0) is 68.3 Å². The van der Waals surface area contributed by atoms with Gasteiger partial charge in [0.25, 0.3) is 5.91 Å². The highest BCUT2D eigenvalue weighted by molar-refractivity contribution is 5.95. The summed E-state index contributed by atoms with van der Waals surface area (Å²) in [4.78, 5) is 21.3. The van der Waals surface area contributed by atoms with Crippen LogP contribution in [0.15, 0.2) is 48.5 Å². The molecule has 0 radical (unpaired) electrons. The van der Waals surface area contributed by atoms with Gasteiger partial charge in [-0.15, -0.1) is 0 Å². The van der Waals surface area contributed by atoms with Gasteiger partial charge in [0.05, 0.1) is 11.2 Å². The minimum atomic E-state index is -0.0870. The molecule has 2 aliphatic heterocycles. The van der Waals surface area contributed by atoms with Crippen LogP contribution in [0.3, 0.4) is 0 Å². The zero-order chi connectivity index (χ0) is 21.2. The number of benzene rings is 2. The first kappa shape index (κ1) is 19.8. The van der Waals surface area contributed by atoms with Gasteiger partial charge >= 0.3 is 0 Å². The summed E-state index contributed by atoms with van der Waals surface area (Å²) >= 11 is 0. The van der Waals surface area contributed by atoms with E-state index in [9.17, 15) is 4.79 Å². The summed E-state index contributed by atoms with van der Waals surface area (Å²) in [6, 6.07) is 16.8. The topological polar surface area (TPSA) is 57.7 Å². The van der Waals surface area contributed by atoms with Crippen LogP contribution in [0.1, 0.15) is 17.7 Å². The normalized spacial score (nSPS) is 17.1. The molecule has 0 unspecified atom stereocenters. The third-order valence-corrected chi connectivity index (χ3v) is 6.17. The maximum atomic E-state index is 11.6. The molecule has 1 amide bonds. The molecule has 6 heteroatoms. The SMILES string of the molecule is Cc1ccc2c(N3CCCN(CCc4ccc5c(c4)NC(=O)CO5)CC3)cccc2n1. The smallest absolute Gasteiger partial charge is 0.262 e. The summed E-state index contributed by atoms with van der Waals surface area (Å²) < 4.78 is 5.46. The second-order valence-electron chi connectivity index (χ2n) is 8.40. The number of anilines is 2. The van der Waals surface area contributed by atoms with E-state index in [1.807, 2.05) is 19.1 Å². The van der Waals surface area contributed by atoms with Crippen LogP contribution in [0.2, 0.25) is 0 Å². The quantitative estimate of drug-likeness (QED) is 0.704. The standard InChI is InChI=1S/C25H28N4O2/c1-18-6-8-20-21(26-18)4-2-5-23(20)29-12-3-11-28(14-15-29)13-10-19-7-9-24-22(16-19)27-25(30)17-31-24/h2,4-9,16H,3,10-15,17H2,1H3,(H,27,30). The van der Waals surface area contributed by atoms with Gasteiger partial charge in [-0.25, -0.2) is 0 Å². The van der Waals surface area contributed by atoms with Crippen molar-refractivity contribution in [2.75, 3.05) is 49.5 Å². The third kappa shape index (κ3) is 4.35. The lowest BCUT2D eigenvalue weighted by Crippen LogP contribution is -2.32. The molecular formula is C25H28N4O2. The fourth-order valence-corrected chi connectivity index (χ4v) is 4.52. The number of carbonyl (C=O) groups is 1. The maximum Gasteiger partial charge on any atom is 0.262 e. The molecule has 3 heterocycles. The second-order valence-corrected chi connectivity index (χ2v) is 8.40. The molecule has 2 aromatic carbocycles. The van der Waals surface area contributed by atoms with E-state index in [1.165, 1.54) is 16.6 Å². The first-order valence-corrected chi connectivity index (χ1v) is 11.0. The van der Waals surface area contributed by atoms with E-state index in [1.54, 1.807) is 0 Å². The lowest BCUT2D eigenvalue weighted by atomic mass is 10.1. The van der Waals surface area contributed by atoms with Gasteiger partial charge in [-0.2, -0.15) is 0 Å². The van der Waals surface area contributed by atoms with Crippen LogP contribution in [0, 0.1) is 6.92 Å². The molecule has 1 aromatic heterocycles. The predicted octanol–water partition coefficient (Wildman–Crippen LogP) is 3.63. The van der Waals surface area contributed by atoms with Crippen molar-refractivity contribution < 1.29 is 9.53 Å². The Hall–Kier alpha value is -3.12. The first-order chi connectivity index (χ1) is 15.2.